The van der Waals surface area contributed by atoms with Crippen molar-refractivity contribution in [2.45, 2.75) is 13.2 Å². The zero-order valence-electron chi connectivity index (χ0n) is 14.9. The van der Waals surface area contributed by atoms with Crippen molar-refractivity contribution < 1.29 is 13.9 Å². The molecule has 0 aliphatic rings. The molecule has 0 aliphatic carbocycles. The summed E-state index contributed by atoms with van der Waals surface area (Å²) in [5.74, 6) is 0.739. The molecular weight excluding hydrogens is 468 g/mol. The quantitative estimate of drug-likeness (QED) is 0.388. The Morgan fingerprint density at radius 3 is 2.54 bits per heavy atom. The van der Waals surface area contributed by atoms with E-state index in [0.29, 0.717) is 29.7 Å². The number of halogens is 4. The fourth-order valence-electron chi connectivity index (χ4n) is 2.59. The molecule has 0 atom stereocenters. The molecule has 0 heterocycles. The Labute approximate surface area is 181 Å². The predicted molar refractivity (Wildman–Crippen MR) is 115 cm³/mol. The summed E-state index contributed by atoms with van der Waals surface area (Å²) in [4.78, 5) is 0. The van der Waals surface area contributed by atoms with Gasteiger partial charge in [-0.25, -0.2) is 4.39 Å². The van der Waals surface area contributed by atoms with Crippen LogP contribution in [0.25, 0.3) is 0 Å². The van der Waals surface area contributed by atoms with Gasteiger partial charge in [-0.2, -0.15) is 0 Å². The van der Waals surface area contributed by atoms with E-state index >= 15 is 0 Å². The van der Waals surface area contributed by atoms with Gasteiger partial charge in [0.2, 0.25) is 0 Å². The molecule has 0 amide bonds. The number of hydrogen-bond donors (Lipinski definition) is 1. The minimum absolute atomic E-state index is 0.0760. The first-order chi connectivity index (χ1) is 13.5. The first kappa shape index (κ1) is 20.8. The van der Waals surface area contributed by atoms with Crippen molar-refractivity contribution in [3.8, 4) is 11.5 Å². The van der Waals surface area contributed by atoms with Crippen LogP contribution in [0.2, 0.25) is 10.0 Å². The number of nitrogens with one attached hydrogen (secondary N) is 1. The van der Waals surface area contributed by atoms with Gasteiger partial charge in [-0.15, -0.1) is 0 Å². The van der Waals surface area contributed by atoms with Crippen LogP contribution in [0.15, 0.2) is 59.1 Å². The first-order valence-corrected chi connectivity index (χ1v) is 9.94. The van der Waals surface area contributed by atoms with E-state index in [1.807, 2.05) is 36.4 Å². The average Bonchev–Trinajstić information content (AvgIpc) is 2.68. The second-order valence-corrected chi connectivity index (χ2v) is 7.64. The van der Waals surface area contributed by atoms with E-state index in [4.69, 9.17) is 32.7 Å². The molecule has 0 bridgehead atoms. The first-order valence-electron chi connectivity index (χ1n) is 8.39. The lowest BCUT2D eigenvalue weighted by Crippen LogP contribution is -2.03. The van der Waals surface area contributed by atoms with Gasteiger partial charge in [-0.3, -0.25) is 0 Å². The summed E-state index contributed by atoms with van der Waals surface area (Å²) < 4.78 is 25.5. The maximum absolute atomic E-state index is 13.3. The van der Waals surface area contributed by atoms with Gasteiger partial charge in [0, 0.05) is 22.8 Å². The van der Waals surface area contributed by atoms with Crippen LogP contribution in [0, 0.1) is 5.82 Å². The van der Waals surface area contributed by atoms with Crippen LogP contribution in [-0.4, -0.2) is 7.11 Å². The molecule has 0 aromatic heterocycles. The maximum atomic E-state index is 13.3. The second-order valence-electron chi connectivity index (χ2n) is 5.97. The number of methoxy groups -OCH3 is 1. The van der Waals surface area contributed by atoms with E-state index in [0.717, 1.165) is 21.3 Å². The molecule has 0 saturated carbocycles. The third kappa shape index (κ3) is 5.10. The molecule has 0 fully saturated rings. The van der Waals surface area contributed by atoms with Gasteiger partial charge in [0.15, 0.2) is 11.5 Å². The summed E-state index contributed by atoms with van der Waals surface area (Å²) in [5, 5.41) is 3.93. The van der Waals surface area contributed by atoms with Crippen molar-refractivity contribution >= 4 is 44.8 Å². The standard InChI is InChI=1S/C21H17BrCl2FNO2/c1-27-20-9-13(11-26-15-6-7-19(25)18(24)10-15)8-16(22)21(20)28-12-14-4-2-3-5-17(14)23/h2-10,26H,11-12H2,1H3. The van der Waals surface area contributed by atoms with Crippen molar-refractivity contribution in [3.63, 3.8) is 0 Å². The van der Waals surface area contributed by atoms with Crippen LogP contribution in [0.3, 0.4) is 0 Å². The molecule has 3 aromatic rings. The van der Waals surface area contributed by atoms with Gasteiger partial charge in [-0.05, 0) is 57.9 Å². The lowest BCUT2D eigenvalue weighted by atomic mass is 10.2. The van der Waals surface area contributed by atoms with E-state index < -0.39 is 5.82 Å². The molecular formula is C21H17BrCl2FNO2. The molecule has 0 aliphatic heterocycles. The molecule has 3 rings (SSSR count). The third-order valence-corrected chi connectivity index (χ3v) is 5.28. The van der Waals surface area contributed by atoms with Gasteiger partial charge in [-0.1, -0.05) is 41.4 Å². The van der Waals surface area contributed by atoms with Crippen LogP contribution in [0.4, 0.5) is 10.1 Å². The minimum atomic E-state index is -0.448. The highest BCUT2D eigenvalue weighted by atomic mass is 79.9. The van der Waals surface area contributed by atoms with E-state index in [-0.39, 0.29) is 5.02 Å². The van der Waals surface area contributed by atoms with Crippen molar-refractivity contribution in [1.29, 1.82) is 0 Å². The van der Waals surface area contributed by atoms with Crippen molar-refractivity contribution in [2.24, 2.45) is 0 Å². The normalized spacial score (nSPS) is 10.6. The summed E-state index contributed by atoms with van der Waals surface area (Å²) in [7, 11) is 1.58. The number of hydrogen-bond acceptors (Lipinski definition) is 3. The molecule has 28 heavy (non-hydrogen) atoms. The molecule has 1 N–H and O–H groups in total. The van der Waals surface area contributed by atoms with Gasteiger partial charge < -0.3 is 14.8 Å². The van der Waals surface area contributed by atoms with Crippen molar-refractivity contribution in [2.75, 3.05) is 12.4 Å². The van der Waals surface area contributed by atoms with Crippen LogP contribution in [-0.2, 0) is 13.2 Å². The Morgan fingerprint density at radius 1 is 1.04 bits per heavy atom. The number of anilines is 1. The zero-order chi connectivity index (χ0) is 20.1. The molecule has 7 heteroatoms. The highest BCUT2D eigenvalue weighted by Gasteiger charge is 2.13. The summed E-state index contributed by atoms with van der Waals surface area (Å²) in [5.41, 5.74) is 2.56. The molecule has 3 aromatic carbocycles. The van der Waals surface area contributed by atoms with Gasteiger partial charge in [0.05, 0.1) is 16.6 Å². The monoisotopic (exact) mass is 483 g/mol. The van der Waals surface area contributed by atoms with Crippen LogP contribution in [0.5, 0.6) is 11.5 Å². The van der Waals surface area contributed by atoms with Crippen LogP contribution in [0.1, 0.15) is 11.1 Å². The highest BCUT2D eigenvalue weighted by molar-refractivity contribution is 9.10. The molecule has 3 nitrogen and oxygen atoms in total. The van der Waals surface area contributed by atoms with E-state index in [9.17, 15) is 4.39 Å². The molecule has 146 valence electrons. The fraction of sp³-hybridized carbons (Fsp3) is 0.143. The van der Waals surface area contributed by atoms with Gasteiger partial charge in [0.25, 0.3) is 0 Å². The number of ether oxygens (including phenoxy) is 2. The Morgan fingerprint density at radius 2 is 1.82 bits per heavy atom. The summed E-state index contributed by atoms with van der Waals surface area (Å²) in [6, 6.07) is 15.8. The predicted octanol–water partition coefficient (Wildman–Crippen LogP) is 7.09. The lowest BCUT2D eigenvalue weighted by molar-refractivity contribution is 0.282. The maximum Gasteiger partial charge on any atom is 0.175 e. The second kappa shape index (κ2) is 9.50. The number of rotatable bonds is 7. The summed E-state index contributed by atoms with van der Waals surface area (Å²) in [6.45, 7) is 0.821. The van der Waals surface area contributed by atoms with Crippen molar-refractivity contribution in [3.05, 3.63) is 86.1 Å². The van der Waals surface area contributed by atoms with E-state index in [1.165, 1.54) is 6.07 Å². The van der Waals surface area contributed by atoms with E-state index in [1.54, 1.807) is 19.2 Å². The highest BCUT2D eigenvalue weighted by Crippen LogP contribution is 2.37. The van der Waals surface area contributed by atoms with E-state index in [2.05, 4.69) is 21.2 Å². The van der Waals surface area contributed by atoms with Crippen LogP contribution >= 0.6 is 39.1 Å². The molecule has 0 radical (unpaired) electrons. The SMILES string of the molecule is COc1cc(CNc2ccc(F)c(Cl)c2)cc(Br)c1OCc1ccccc1Cl. The van der Waals surface area contributed by atoms with Crippen molar-refractivity contribution in [1.82, 2.24) is 0 Å². The number of benzene rings is 3. The average molecular weight is 485 g/mol. The lowest BCUT2D eigenvalue weighted by Gasteiger charge is -2.15. The third-order valence-electron chi connectivity index (χ3n) is 4.04. The van der Waals surface area contributed by atoms with Gasteiger partial charge in [0.1, 0.15) is 12.4 Å². The van der Waals surface area contributed by atoms with Gasteiger partial charge >= 0.3 is 0 Å². The molecule has 0 spiro atoms. The Balaban J connectivity index is 1.73. The molecule has 0 unspecified atom stereocenters. The smallest absolute Gasteiger partial charge is 0.175 e. The fourth-order valence-corrected chi connectivity index (χ4v) is 3.57. The Hall–Kier alpha value is -1.95. The Kier molecular flexibility index (Phi) is 7.05. The largest absolute Gasteiger partial charge is 0.493 e. The minimum Gasteiger partial charge on any atom is -0.493 e. The molecule has 0 saturated heterocycles. The summed E-state index contributed by atoms with van der Waals surface area (Å²) in [6.07, 6.45) is 0. The summed E-state index contributed by atoms with van der Waals surface area (Å²) >= 11 is 15.5. The van der Waals surface area contributed by atoms with Crippen LogP contribution < -0.4 is 14.8 Å². The zero-order valence-corrected chi connectivity index (χ0v) is 18.0. The topological polar surface area (TPSA) is 30.5 Å². The Bertz CT molecular complexity index is 985.